The topological polar surface area (TPSA) is 74.7 Å². The largest absolute Gasteiger partial charge is 0.478 e. The number of hydrogen-bond donors (Lipinski definition) is 1. The van der Waals surface area contributed by atoms with Gasteiger partial charge in [0.1, 0.15) is 10.0 Å². The van der Waals surface area contributed by atoms with Crippen LogP contribution in [-0.2, 0) is 23.0 Å². The highest BCUT2D eigenvalue weighted by Gasteiger charge is 2.33. The van der Waals surface area contributed by atoms with Gasteiger partial charge in [0.25, 0.3) is 10.0 Å². The Morgan fingerprint density at radius 2 is 2.04 bits per heavy atom. The van der Waals surface area contributed by atoms with E-state index in [0.29, 0.717) is 17.5 Å². The normalized spacial score (nSPS) is 15.3. The van der Waals surface area contributed by atoms with Gasteiger partial charge in [-0.3, -0.25) is 0 Å². The van der Waals surface area contributed by atoms with Crippen molar-refractivity contribution in [2.75, 3.05) is 6.54 Å². The monoisotopic (exact) mass is 369 g/mol. The molecule has 5 nitrogen and oxygen atoms in total. The zero-order valence-corrected chi connectivity index (χ0v) is 14.8. The van der Waals surface area contributed by atoms with E-state index in [9.17, 15) is 22.7 Å². The van der Waals surface area contributed by atoms with Gasteiger partial charge in [-0.05, 0) is 49.1 Å². The first-order chi connectivity index (χ1) is 11.2. The second-order valence-electron chi connectivity index (χ2n) is 5.78. The molecule has 3 rings (SSSR count). The third-order valence-corrected chi connectivity index (χ3v) is 7.72. The summed E-state index contributed by atoms with van der Waals surface area (Å²) in [6, 6.07) is 4.46. The third kappa shape index (κ3) is 2.74. The molecule has 1 aliphatic rings. The highest BCUT2D eigenvalue weighted by atomic mass is 32.2. The SMILES string of the molecule is Cc1cc(C)c(S(=O)(=O)N2CCc3ccc(F)c(C(=O)O)c3C2)s1. The van der Waals surface area contributed by atoms with Gasteiger partial charge in [-0.15, -0.1) is 11.3 Å². The van der Waals surface area contributed by atoms with Gasteiger partial charge in [0.2, 0.25) is 0 Å². The van der Waals surface area contributed by atoms with Crippen LogP contribution in [0.4, 0.5) is 4.39 Å². The molecule has 0 fully saturated rings. The number of halogens is 1. The predicted molar refractivity (Wildman–Crippen MR) is 88.5 cm³/mol. The van der Waals surface area contributed by atoms with Crippen molar-refractivity contribution in [2.45, 2.75) is 31.0 Å². The molecule has 2 heterocycles. The molecular weight excluding hydrogens is 353 g/mol. The Morgan fingerprint density at radius 1 is 1.33 bits per heavy atom. The van der Waals surface area contributed by atoms with E-state index in [1.165, 1.54) is 21.7 Å². The van der Waals surface area contributed by atoms with Crippen molar-refractivity contribution in [3.63, 3.8) is 0 Å². The molecule has 0 aliphatic carbocycles. The smallest absolute Gasteiger partial charge is 0.339 e. The molecule has 0 saturated heterocycles. The van der Waals surface area contributed by atoms with E-state index in [0.717, 1.165) is 10.9 Å². The van der Waals surface area contributed by atoms with Crippen LogP contribution in [0, 0.1) is 19.7 Å². The second kappa shape index (κ2) is 5.94. The number of rotatable bonds is 3. The molecule has 0 spiro atoms. The number of nitrogens with zero attached hydrogens (tertiary/aromatic N) is 1. The second-order valence-corrected chi connectivity index (χ2v) is 9.17. The molecule has 0 amide bonds. The molecule has 0 bridgehead atoms. The van der Waals surface area contributed by atoms with Gasteiger partial charge in [0.05, 0.1) is 5.56 Å². The fourth-order valence-electron chi connectivity index (χ4n) is 3.01. The Kier molecular flexibility index (Phi) is 4.23. The van der Waals surface area contributed by atoms with Crippen molar-refractivity contribution in [1.82, 2.24) is 4.31 Å². The van der Waals surface area contributed by atoms with Gasteiger partial charge in [0.15, 0.2) is 0 Å². The Bertz CT molecular complexity index is 934. The van der Waals surface area contributed by atoms with Crippen LogP contribution in [0.25, 0.3) is 0 Å². The van der Waals surface area contributed by atoms with Crippen molar-refractivity contribution >= 4 is 27.3 Å². The Morgan fingerprint density at radius 3 is 2.62 bits per heavy atom. The molecule has 0 atom stereocenters. The number of sulfonamides is 1. The van der Waals surface area contributed by atoms with Gasteiger partial charge in [0, 0.05) is 18.0 Å². The summed E-state index contributed by atoms with van der Waals surface area (Å²) in [4.78, 5) is 12.3. The van der Waals surface area contributed by atoms with Crippen molar-refractivity contribution in [2.24, 2.45) is 0 Å². The van der Waals surface area contributed by atoms with E-state index in [1.807, 2.05) is 6.92 Å². The number of aryl methyl sites for hydroxylation is 2. The summed E-state index contributed by atoms with van der Waals surface area (Å²) in [5.41, 5.74) is 1.15. The minimum atomic E-state index is -3.73. The lowest BCUT2D eigenvalue weighted by molar-refractivity contribution is 0.0689. The minimum absolute atomic E-state index is 0.132. The van der Waals surface area contributed by atoms with E-state index in [4.69, 9.17) is 0 Å². The van der Waals surface area contributed by atoms with Crippen LogP contribution in [0.15, 0.2) is 22.4 Å². The number of carboxylic acid groups (broad SMARTS) is 1. The quantitative estimate of drug-likeness (QED) is 0.903. The Balaban J connectivity index is 2.05. The molecule has 0 unspecified atom stereocenters. The Labute approximate surface area is 143 Å². The zero-order valence-electron chi connectivity index (χ0n) is 13.2. The fraction of sp³-hybridized carbons (Fsp3) is 0.312. The number of hydrogen-bond acceptors (Lipinski definition) is 4. The van der Waals surface area contributed by atoms with Crippen LogP contribution < -0.4 is 0 Å². The molecule has 1 aromatic carbocycles. The lowest BCUT2D eigenvalue weighted by Gasteiger charge is -2.29. The average Bonchev–Trinajstić information content (AvgIpc) is 2.85. The molecule has 1 N–H and O–H groups in total. The molecule has 24 heavy (non-hydrogen) atoms. The standard InChI is InChI=1S/C16H16FNO4S2/c1-9-7-10(2)23-16(9)24(21,22)18-6-5-11-3-4-13(17)14(15(19)20)12(11)8-18/h3-4,7H,5-6,8H2,1-2H3,(H,19,20). The molecule has 1 aliphatic heterocycles. The van der Waals surface area contributed by atoms with Gasteiger partial charge in [-0.1, -0.05) is 6.07 Å². The lowest BCUT2D eigenvalue weighted by Crippen LogP contribution is -2.37. The van der Waals surface area contributed by atoms with E-state index in [2.05, 4.69) is 0 Å². The maximum absolute atomic E-state index is 13.9. The number of carbonyl (C=O) groups is 1. The van der Waals surface area contributed by atoms with Crippen molar-refractivity contribution in [3.8, 4) is 0 Å². The van der Waals surface area contributed by atoms with E-state index in [-0.39, 0.29) is 22.9 Å². The van der Waals surface area contributed by atoms with Gasteiger partial charge in [-0.25, -0.2) is 17.6 Å². The van der Waals surface area contributed by atoms with Crippen molar-refractivity contribution in [3.05, 3.63) is 51.1 Å². The maximum Gasteiger partial charge on any atom is 0.339 e. The number of thiophene rings is 1. The van der Waals surface area contributed by atoms with Crippen LogP contribution in [0.5, 0.6) is 0 Å². The Hall–Kier alpha value is -1.77. The number of aromatic carboxylic acids is 1. The predicted octanol–water partition coefficient (Wildman–Crippen LogP) is 2.95. The third-order valence-electron chi connectivity index (χ3n) is 4.11. The molecule has 2 aromatic rings. The van der Waals surface area contributed by atoms with Crippen LogP contribution in [0.2, 0.25) is 0 Å². The van der Waals surface area contributed by atoms with Crippen molar-refractivity contribution in [1.29, 1.82) is 0 Å². The van der Waals surface area contributed by atoms with Gasteiger partial charge in [-0.2, -0.15) is 4.31 Å². The van der Waals surface area contributed by atoms with Gasteiger partial charge >= 0.3 is 5.97 Å². The zero-order chi connectivity index (χ0) is 17.6. The number of carboxylic acids is 1. The summed E-state index contributed by atoms with van der Waals surface area (Å²) in [6.07, 6.45) is 0.360. The van der Waals surface area contributed by atoms with Crippen LogP contribution in [0.3, 0.4) is 0 Å². The van der Waals surface area contributed by atoms with Gasteiger partial charge < -0.3 is 5.11 Å². The molecule has 8 heteroatoms. The summed E-state index contributed by atoms with van der Waals surface area (Å²) in [6.45, 7) is 3.68. The molecule has 128 valence electrons. The highest BCUT2D eigenvalue weighted by Crippen LogP contribution is 2.33. The lowest BCUT2D eigenvalue weighted by atomic mass is 9.95. The summed E-state index contributed by atoms with van der Waals surface area (Å²) in [5, 5.41) is 9.27. The highest BCUT2D eigenvalue weighted by molar-refractivity contribution is 7.91. The average molecular weight is 369 g/mol. The van der Waals surface area contributed by atoms with E-state index < -0.39 is 27.4 Å². The van der Waals surface area contributed by atoms with Crippen molar-refractivity contribution < 1.29 is 22.7 Å². The first-order valence-corrected chi connectivity index (χ1v) is 9.58. The summed E-state index contributed by atoms with van der Waals surface area (Å²) >= 11 is 1.19. The van der Waals surface area contributed by atoms with Crippen LogP contribution >= 0.6 is 11.3 Å². The summed E-state index contributed by atoms with van der Waals surface area (Å²) < 4.78 is 41.2. The van der Waals surface area contributed by atoms with Crippen LogP contribution in [-0.4, -0.2) is 30.3 Å². The molecule has 0 saturated carbocycles. The number of fused-ring (bicyclic) bond motifs is 1. The maximum atomic E-state index is 13.9. The van der Waals surface area contributed by atoms with E-state index >= 15 is 0 Å². The fourth-order valence-corrected chi connectivity index (χ4v) is 6.22. The summed E-state index contributed by atoms with van der Waals surface area (Å²) in [5.74, 6) is -2.23. The first-order valence-electron chi connectivity index (χ1n) is 7.32. The summed E-state index contributed by atoms with van der Waals surface area (Å²) in [7, 11) is -3.73. The first kappa shape index (κ1) is 17.1. The number of benzene rings is 1. The molecule has 0 radical (unpaired) electrons. The minimum Gasteiger partial charge on any atom is -0.478 e. The van der Waals surface area contributed by atoms with Crippen LogP contribution in [0.1, 0.15) is 31.9 Å². The molecule has 1 aromatic heterocycles. The molecular formula is C16H16FNO4S2. The van der Waals surface area contributed by atoms with E-state index in [1.54, 1.807) is 13.0 Å².